The minimum atomic E-state index is -0.655. The molecule has 0 atom stereocenters. The lowest BCUT2D eigenvalue weighted by molar-refractivity contribution is -0.385. The summed E-state index contributed by atoms with van der Waals surface area (Å²) in [7, 11) is 0. The molecule has 1 aromatic heterocycles. The highest BCUT2D eigenvalue weighted by Crippen LogP contribution is 2.20. The third-order valence-corrected chi connectivity index (χ3v) is 3.38. The Morgan fingerprint density at radius 2 is 2.24 bits per heavy atom. The van der Waals surface area contributed by atoms with Gasteiger partial charge in [-0.2, -0.15) is 0 Å². The Balaban J connectivity index is 1.99. The first-order valence-electron chi connectivity index (χ1n) is 5.63. The third kappa shape index (κ3) is 4.07. The summed E-state index contributed by atoms with van der Waals surface area (Å²) in [4.78, 5) is 21.8. The zero-order valence-corrected chi connectivity index (χ0v) is 12.0. The molecular formula is C12H8ClN3O4S. The number of halogens is 1. The van der Waals surface area contributed by atoms with Gasteiger partial charge in [0.2, 0.25) is 0 Å². The van der Waals surface area contributed by atoms with Gasteiger partial charge in [-0.3, -0.25) is 10.1 Å². The third-order valence-electron chi connectivity index (χ3n) is 2.39. The molecule has 0 N–H and O–H groups in total. The van der Waals surface area contributed by atoms with Gasteiger partial charge >= 0.3 is 5.97 Å². The highest BCUT2D eigenvalue weighted by atomic mass is 35.5. The molecule has 21 heavy (non-hydrogen) atoms. The van der Waals surface area contributed by atoms with Crippen molar-refractivity contribution in [3.63, 3.8) is 0 Å². The van der Waals surface area contributed by atoms with Gasteiger partial charge in [-0.15, -0.1) is 5.10 Å². The second-order valence-corrected chi connectivity index (χ2v) is 5.11. The Kier molecular flexibility index (Phi) is 4.96. The molecule has 1 heterocycles. The van der Waals surface area contributed by atoms with Crippen LogP contribution in [0.5, 0.6) is 0 Å². The normalized spacial score (nSPS) is 10.7. The van der Waals surface area contributed by atoms with Gasteiger partial charge in [0.1, 0.15) is 16.6 Å². The molecule has 0 fully saturated rings. The van der Waals surface area contributed by atoms with Gasteiger partial charge in [-0.05, 0) is 12.1 Å². The first-order valence-corrected chi connectivity index (χ1v) is 6.78. The van der Waals surface area contributed by atoms with Crippen molar-refractivity contribution in [2.24, 2.45) is 0 Å². The average molecular weight is 326 g/mol. The van der Waals surface area contributed by atoms with E-state index in [2.05, 4.69) is 9.59 Å². The summed E-state index contributed by atoms with van der Waals surface area (Å²) < 4.78 is 8.87. The Hall–Kier alpha value is -2.32. The van der Waals surface area contributed by atoms with Crippen LogP contribution in [0, 0.1) is 10.1 Å². The molecule has 0 aliphatic heterocycles. The van der Waals surface area contributed by atoms with Gasteiger partial charge in [-0.25, -0.2) is 4.79 Å². The molecule has 0 bridgehead atoms. The molecule has 0 unspecified atom stereocenters. The zero-order valence-electron chi connectivity index (χ0n) is 10.4. The van der Waals surface area contributed by atoms with Gasteiger partial charge in [0.25, 0.3) is 5.69 Å². The van der Waals surface area contributed by atoms with Crippen molar-refractivity contribution < 1.29 is 14.5 Å². The Morgan fingerprint density at radius 3 is 2.90 bits per heavy atom. The molecule has 0 aliphatic rings. The molecule has 0 saturated carbocycles. The second kappa shape index (κ2) is 6.91. The summed E-state index contributed by atoms with van der Waals surface area (Å²) in [6.45, 7) is -0.102. The molecule has 0 radical (unpaired) electrons. The summed E-state index contributed by atoms with van der Waals surface area (Å²) in [6, 6.07) is 6.07. The number of benzene rings is 1. The predicted octanol–water partition coefficient (Wildman–Crippen LogP) is 2.86. The van der Waals surface area contributed by atoms with Crippen LogP contribution in [0.3, 0.4) is 0 Å². The van der Waals surface area contributed by atoms with Crippen molar-refractivity contribution >= 4 is 40.9 Å². The number of hydrogen-bond acceptors (Lipinski definition) is 7. The van der Waals surface area contributed by atoms with E-state index in [0.29, 0.717) is 15.6 Å². The molecule has 0 spiro atoms. The van der Waals surface area contributed by atoms with Crippen LogP contribution in [0.4, 0.5) is 5.69 Å². The number of aromatic nitrogens is 2. The molecule has 1 aromatic carbocycles. The van der Waals surface area contributed by atoms with E-state index < -0.39 is 10.9 Å². The quantitative estimate of drug-likeness (QED) is 0.363. The standard InChI is InChI=1S/C12H8ClN3O4S/c13-12-9(14-15-21-12)7-20-11(17)6-5-8-3-1-2-4-10(8)16(18)19/h1-6H,7H2/b6-5+. The van der Waals surface area contributed by atoms with Crippen LogP contribution in [-0.4, -0.2) is 20.5 Å². The minimum absolute atomic E-state index is 0.0895. The number of hydrogen-bond donors (Lipinski definition) is 0. The fourth-order valence-electron chi connectivity index (χ4n) is 1.42. The zero-order chi connectivity index (χ0) is 15.2. The van der Waals surface area contributed by atoms with Crippen molar-refractivity contribution in [2.75, 3.05) is 0 Å². The van der Waals surface area contributed by atoms with E-state index in [1.54, 1.807) is 12.1 Å². The van der Waals surface area contributed by atoms with Crippen molar-refractivity contribution in [3.8, 4) is 0 Å². The molecule has 9 heteroatoms. The van der Waals surface area contributed by atoms with Gasteiger partial charge < -0.3 is 4.74 Å². The maximum absolute atomic E-state index is 11.5. The van der Waals surface area contributed by atoms with Crippen molar-refractivity contribution in [3.05, 3.63) is 56.0 Å². The highest BCUT2D eigenvalue weighted by molar-refractivity contribution is 7.10. The number of nitro groups is 1. The van der Waals surface area contributed by atoms with Gasteiger partial charge in [0, 0.05) is 23.7 Å². The SMILES string of the molecule is O=C(/C=C/c1ccccc1[N+](=O)[O-])OCc1nnsc1Cl. The van der Waals surface area contributed by atoms with Crippen molar-refractivity contribution in [1.29, 1.82) is 0 Å². The lowest BCUT2D eigenvalue weighted by Gasteiger charge is -1.99. The summed E-state index contributed by atoms with van der Waals surface area (Å²) in [5.74, 6) is -0.655. The van der Waals surface area contributed by atoms with E-state index in [0.717, 1.165) is 17.6 Å². The number of para-hydroxylation sites is 1. The van der Waals surface area contributed by atoms with Crippen LogP contribution in [-0.2, 0) is 16.1 Å². The topological polar surface area (TPSA) is 95.2 Å². The lowest BCUT2D eigenvalue weighted by Crippen LogP contribution is -2.01. The number of carbonyl (C=O) groups excluding carboxylic acids is 1. The number of nitro benzene ring substituents is 1. The highest BCUT2D eigenvalue weighted by Gasteiger charge is 2.11. The molecule has 2 rings (SSSR count). The number of carbonyl (C=O) groups is 1. The summed E-state index contributed by atoms with van der Waals surface area (Å²) >= 11 is 6.75. The van der Waals surface area contributed by atoms with E-state index in [-0.39, 0.29) is 12.3 Å². The molecule has 0 amide bonds. The van der Waals surface area contributed by atoms with Gasteiger partial charge in [0.15, 0.2) is 0 Å². The van der Waals surface area contributed by atoms with Crippen LogP contribution < -0.4 is 0 Å². The molecule has 2 aromatic rings. The Bertz CT molecular complexity index is 701. The van der Waals surface area contributed by atoms with Crippen molar-refractivity contribution in [2.45, 2.75) is 6.61 Å². The molecule has 0 saturated heterocycles. The van der Waals surface area contributed by atoms with E-state index in [4.69, 9.17) is 16.3 Å². The largest absolute Gasteiger partial charge is 0.456 e. The van der Waals surface area contributed by atoms with E-state index in [1.807, 2.05) is 0 Å². The Labute approximate surface area is 128 Å². The maximum atomic E-state index is 11.5. The van der Waals surface area contributed by atoms with Crippen LogP contribution in [0.15, 0.2) is 30.3 Å². The molecular weight excluding hydrogens is 318 g/mol. The van der Waals surface area contributed by atoms with Crippen molar-refractivity contribution in [1.82, 2.24) is 9.59 Å². The predicted molar refractivity (Wildman–Crippen MR) is 76.8 cm³/mol. The molecule has 7 nitrogen and oxygen atoms in total. The van der Waals surface area contributed by atoms with E-state index in [1.165, 1.54) is 18.2 Å². The lowest BCUT2D eigenvalue weighted by atomic mass is 10.1. The van der Waals surface area contributed by atoms with Gasteiger partial charge in [-0.1, -0.05) is 28.2 Å². The van der Waals surface area contributed by atoms with Gasteiger partial charge in [0.05, 0.1) is 10.5 Å². The minimum Gasteiger partial charge on any atom is -0.456 e. The monoisotopic (exact) mass is 325 g/mol. The summed E-state index contributed by atoms with van der Waals surface area (Å²) in [5, 5.41) is 14.5. The first kappa shape index (κ1) is 15.1. The van der Waals surface area contributed by atoms with Crippen LogP contribution in [0.2, 0.25) is 4.34 Å². The average Bonchev–Trinajstić information content (AvgIpc) is 2.88. The van der Waals surface area contributed by atoms with Crippen LogP contribution >= 0.6 is 23.1 Å². The first-order chi connectivity index (χ1) is 10.1. The Morgan fingerprint density at radius 1 is 1.48 bits per heavy atom. The molecule has 108 valence electrons. The number of nitrogens with zero attached hydrogens (tertiary/aromatic N) is 3. The van der Waals surface area contributed by atoms with E-state index >= 15 is 0 Å². The number of rotatable bonds is 5. The number of esters is 1. The van der Waals surface area contributed by atoms with Crippen LogP contribution in [0.25, 0.3) is 6.08 Å². The second-order valence-electron chi connectivity index (χ2n) is 3.75. The maximum Gasteiger partial charge on any atom is 0.331 e. The summed E-state index contributed by atoms with van der Waals surface area (Å²) in [6.07, 6.45) is 2.43. The fourth-order valence-corrected chi connectivity index (χ4v) is 2.02. The van der Waals surface area contributed by atoms with Crippen LogP contribution in [0.1, 0.15) is 11.3 Å². The molecule has 0 aliphatic carbocycles. The van der Waals surface area contributed by atoms with E-state index in [9.17, 15) is 14.9 Å². The smallest absolute Gasteiger partial charge is 0.331 e. The summed E-state index contributed by atoms with van der Waals surface area (Å²) in [5.41, 5.74) is 0.593. The fraction of sp³-hybridized carbons (Fsp3) is 0.0833. The number of ether oxygens (including phenoxy) is 1.